The van der Waals surface area contributed by atoms with Crippen LogP contribution in [0, 0.1) is 10.8 Å². The SMILES string of the molecule is CC.CCCC12CCC(C(=O)NN)(CC1)CC2. The van der Waals surface area contributed by atoms with E-state index in [-0.39, 0.29) is 11.3 Å². The predicted octanol–water partition coefficient (Wildman–Crippen LogP) is 3.14. The lowest BCUT2D eigenvalue weighted by Crippen LogP contribution is -2.51. The molecule has 0 spiro atoms. The molecule has 0 radical (unpaired) electrons. The summed E-state index contributed by atoms with van der Waals surface area (Å²) in [5.41, 5.74) is 2.82. The van der Waals surface area contributed by atoms with Gasteiger partial charge in [-0.2, -0.15) is 0 Å². The average Bonchev–Trinajstić information content (AvgIpc) is 2.42. The molecule has 3 saturated carbocycles. The number of nitrogens with two attached hydrogens (primary N) is 1. The van der Waals surface area contributed by atoms with Crippen molar-refractivity contribution in [3.8, 4) is 0 Å². The van der Waals surface area contributed by atoms with Gasteiger partial charge in [-0.25, -0.2) is 5.84 Å². The van der Waals surface area contributed by atoms with Crippen molar-refractivity contribution in [1.29, 1.82) is 0 Å². The summed E-state index contributed by atoms with van der Waals surface area (Å²) < 4.78 is 0. The predicted molar refractivity (Wildman–Crippen MR) is 71.2 cm³/mol. The van der Waals surface area contributed by atoms with Crippen LogP contribution in [0.3, 0.4) is 0 Å². The summed E-state index contributed by atoms with van der Waals surface area (Å²) in [5, 5.41) is 0. The maximum atomic E-state index is 11.8. The fraction of sp³-hybridized carbons (Fsp3) is 0.929. The zero-order chi connectivity index (χ0) is 12.9. The van der Waals surface area contributed by atoms with Crippen molar-refractivity contribution in [2.75, 3.05) is 0 Å². The first-order chi connectivity index (χ1) is 8.16. The van der Waals surface area contributed by atoms with Crippen molar-refractivity contribution >= 4 is 5.91 Å². The maximum Gasteiger partial charge on any atom is 0.240 e. The third kappa shape index (κ3) is 2.65. The third-order valence-electron chi connectivity index (χ3n) is 4.79. The first-order valence-corrected chi connectivity index (χ1v) is 7.17. The Morgan fingerprint density at radius 2 is 1.59 bits per heavy atom. The smallest absolute Gasteiger partial charge is 0.240 e. The monoisotopic (exact) mass is 240 g/mol. The van der Waals surface area contributed by atoms with Gasteiger partial charge in [-0.05, 0) is 50.4 Å². The van der Waals surface area contributed by atoms with Gasteiger partial charge in [-0.1, -0.05) is 27.2 Å². The highest BCUT2D eigenvalue weighted by atomic mass is 16.2. The minimum absolute atomic E-state index is 0.0762. The molecule has 3 nitrogen and oxygen atoms in total. The molecule has 2 bridgehead atoms. The molecule has 3 fully saturated rings. The third-order valence-corrected chi connectivity index (χ3v) is 4.79. The van der Waals surface area contributed by atoms with Gasteiger partial charge >= 0.3 is 0 Å². The van der Waals surface area contributed by atoms with Gasteiger partial charge in [0.25, 0.3) is 0 Å². The van der Waals surface area contributed by atoms with Crippen LogP contribution >= 0.6 is 0 Å². The number of rotatable bonds is 3. The number of hydrogen-bond acceptors (Lipinski definition) is 2. The lowest BCUT2D eigenvalue weighted by atomic mass is 9.52. The van der Waals surface area contributed by atoms with Gasteiger partial charge in [0, 0.05) is 0 Å². The van der Waals surface area contributed by atoms with Crippen LogP contribution in [-0.2, 0) is 4.79 Å². The molecule has 3 rings (SSSR count). The van der Waals surface area contributed by atoms with Gasteiger partial charge < -0.3 is 0 Å². The summed E-state index contributed by atoms with van der Waals surface area (Å²) in [5.74, 6) is 5.35. The number of amides is 1. The number of hydrazine groups is 1. The highest BCUT2D eigenvalue weighted by molar-refractivity contribution is 5.82. The fourth-order valence-electron chi connectivity index (χ4n) is 3.66. The normalized spacial score (nSPS) is 34.8. The molecule has 0 saturated heterocycles. The summed E-state index contributed by atoms with van der Waals surface area (Å²) in [7, 11) is 0. The molecular formula is C14H28N2O. The molecule has 1 amide bonds. The first-order valence-electron chi connectivity index (χ1n) is 7.17. The van der Waals surface area contributed by atoms with Crippen LogP contribution < -0.4 is 11.3 Å². The molecule has 17 heavy (non-hydrogen) atoms. The summed E-state index contributed by atoms with van der Waals surface area (Å²) in [6.07, 6.45) is 9.46. The molecule has 0 aromatic carbocycles. The van der Waals surface area contributed by atoms with Crippen molar-refractivity contribution in [2.45, 2.75) is 72.1 Å². The number of fused-ring (bicyclic) bond motifs is 3. The molecule has 0 unspecified atom stereocenters. The van der Waals surface area contributed by atoms with Crippen LogP contribution in [0.1, 0.15) is 72.1 Å². The Morgan fingerprint density at radius 1 is 1.12 bits per heavy atom. The summed E-state index contributed by atoms with van der Waals surface area (Å²) in [6.45, 7) is 6.26. The van der Waals surface area contributed by atoms with E-state index < -0.39 is 0 Å². The lowest BCUT2D eigenvalue weighted by molar-refractivity contribution is -0.140. The summed E-state index contributed by atoms with van der Waals surface area (Å²) >= 11 is 0. The lowest BCUT2D eigenvalue weighted by Gasteiger charge is -2.52. The topological polar surface area (TPSA) is 55.1 Å². The first kappa shape index (κ1) is 14.5. The van der Waals surface area contributed by atoms with Crippen LogP contribution in [0.4, 0.5) is 0 Å². The molecule has 3 aliphatic rings. The van der Waals surface area contributed by atoms with Gasteiger partial charge in [0.1, 0.15) is 0 Å². The molecule has 0 atom stereocenters. The van der Waals surface area contributed by atoms with Crippen molar-refractivity contribution in [3.05, 3.63) is 0 Å². The second-order valence-electron chi connectivity index (χ2n) is 5.50. The highest BCUT2D eigenvalue weighted by Crippen LogP contribution is 2.58. The standard InChI is InChI=1S/C12H22N2O.C2H6/c1-2-3-11-4-7-12(8-5-11,9-6-11)10(15)14-13;1-2/h2-9,13H2,1H3,(H,14,15);1-2H3. The second-order valence-corrected chi connectivity index (χ2v) is 5.50. The molecule has 0 heterocycles. The minimum atomic E-state index is -0.107. The molecule has 3 N–H and O–H groups in total. The molecule has 3 aliphatic carbocycles. The van der Waals surface area contributed by atoms with Crippen LogP contribution in [0.15, 0.2) is 0 Å². The van der Waals surface area contributed by atoms with Crippen molar-refractivity contribution in [3.63, 3.8) is 0 Å². The molecule has 100 valence electrons. The van der Waals surface area contributed by atoms with Gasteiger partial charge in [0.2, 0.25) is 5.91 Å². The fourth-order valence-corrected chi connectivity index (χ4v) is 3.66. The molecule has 3 heteroatoms. The Labute approximate surface area is 105 Å². The van der Waals surface area contributed by atoms with E-state index in [9.17, 15) is 4.79 Å². The Morgan fingerprint density at radius 3 is 1.94 bits per heavy atom. The van der Waals surface area contributed by atoms with Gasteiger partial charge in [-0.3, -0.25) is 10.2 Å². The van der Waals surface area contributed by atoms with E-state index in [1.165, 1.54) is 32.1 Å². The Kier molecular flexibility index (Phi) is 4.99. The number of nitrogens with one attached hydrogen (secondary N) is 1. The Bertz CT molecular complexity index is 238. The minimum Gasteiger partial charge on any atom is -0.294 e. The Balaban J connectivity index is 0.000000686. The van der Waals surface area contributed by atoms with Crippen LogP contribution in [0.5, 0.6) is 0 Å². The van der Waals surface area contributed by atoms with Crippen molar-refractivity contribution in [2.24, 2.45) is 16.7 Å². The quantitative estimate of drug-likeness (QED) is 0.452. The Hall–Kier alpha value is -0.570. The van der Waals surface area contributed by atoms with Gasteiger partial charge in [0.15, 0.2) is 0 Å². The van der Waals surface area contributed by atoms with Crippen molar-refractivity contribution in [1.82, 2.24) is 5.43 Å². The number of carbonyl (C=O) groups is 1. The van der Waals surface area contributed by atoms with Crippen LogP contribution in [0.2, 0.25) is 0 Å². The van der Waals surface area contributed by atoms with Gasteiger partial charge in [-0.15, -0.1) is 0 Å². The molecule has 0 aromatic rings. The molecular weight excluding hydrogens is 212 g/mol. The van der Waals surface area contributed by atoms with E-state index in [0.29, 0.717) is 5.41 Å². The van der Waals surface area contributed by atoms with E-state index in [4.69, 9.17) is 5.84 Å². The maximum absolute atomic E-state index is 11.8. The van der Waals surface area contributed by atoms with E-state index in [0.717, 1.165) is 19.3 Å². The van der Waals surface area contributed by atoms with E-state index >= 15 is 0 Å². The molecule has 0 aliphatic heterocycles. The van der Waals surface area contributed by atoms with E-state index in [1.807, 2.05) is 13.8 Å². The summed E-state index contributed by atoms with van der Waals surface area (Å²) in [4.78, 5) is 11.8. The summed E-state index contributed by atoms with van der Waals surface area (Å²) in [6, 6.07) is 0. The van der Waals surface area contributed by atoms with Gasteiger partial charge in [0.05, 0.1) is 5.41 Å². The van der Waals surface area contributed by atoms with Crippen LogP contribution in [-0.4, -0.2) is 5.91 Å². The zero-order valence-electron chi connectivity index (χ0n) is 11.6. The van der Waals surface area contributed by atoms with Crippen molar-refractivity contribution < 1.29 is 4.79 Å². The number of carbonyl (C=O) groups excluding carboxylic acids is 1. The largest absolute Gasteiger partial charge is 0.294 e. The van der Waals surface area contributed by atoms with E-state index in [2.05, 4.69) is 12.3 Å². The zero-order valence-corrected chi connectivity index (χ0v) is 11.6. The molecule has 0 aromatic heterocycles. The highest BCUT2D eigenvalue weighted by Gasteiger charge is 2.51. The van der Waals surface area contributed by atoms with E-state index in [1.54, 1.807) is 0 Å². The van der Waals surface area contributed by atoms with Crippen LogP contribution in [0.25, 0.3) is 0 Å². The average molecular weight is 240 g/mol. The number of hydrogen-bond donors (Lipinski definition) is 2. The second kappa shape index (κ2) is 5.85.